The molecule has 1 aromatic rings. The number of piperidine rings is 1. The van der Waals surface area contributed by atoms with Crippen molar-refractivity contribution in [2.75, 3.05) is 27.9 Å². The van der Waals surface area contributed by atoms with Gasteiger partial charge in [-0.25, -0.2) is 4.79 Å². The molecule has 14 atom stereocenters. The van der Waals surface area contributed by atoms with E-state index >= 15 is 0 Å². The van der Waals surface area contributed by atoms with Crippen molar-refractivity contribution in [1.29, 1.82) is 0 Å². The molecular formula is C55H79NO12. The van der Waals surface area contributed by atoms with Crippen LogP contribution in [0.4, 0.5) is 0 Å². The topological polar surface area (TPSA) is 178 Å². The van der Waals surface area contributed by atoms with Crippen molar-refractivity contribution in [1.82, 2.24) is 4.90 Å². The zero-order valence-corrected chi connectivity index (χ0v) is 41.7. The van der Waals surface area contributed by atoms with E-state index in [9.17, 15) is 34.5 Å². The van der Waals surface area contributed by atoms with E-state index in [-0.39, 0.29) is 43.4 Å². The van der Waals surface area contributed by atoms with Gasteiger partial charge in [0.15, 0.2) is 0 Å². The zero-order valence-electron chi connectivity index (χ0n) is 41.7. The first-order valence-electron chi connectivity index (χ1n) is 24.7. The van der Waals surface area contributed by atoms with Gasteiger partial charge in [-0.05, 0) is 107 Å². The van der Waals surface area contributed by atoms with Crippen LogP contribution in [0.25, 0.3) is 6.08 Å². The number of ether oxygens (including phenoxy) is 5. The quantitative estimate of drug-likeness (QED) is 0.0855. The molecule has 376 valence electrons. The summed E-state index contributed by atoms with van der Waals surface area (Å²) < 4.78 is 30.3. The van der Waals surface area contributed by atoms with E-state index in [4.69, 9.17) is 23.7 Å². The molecule has 2 saturated heterocycles. The molecule has 0 radical (unpaired) electrons. The molecule has 1 saturated carbocycles. The van der Waals surface area contributed by atoms with Gasteiger partial charge in [0.2, 0.25) is 5.79 Å². The minimum atomic E-state index is -2.53. The lowest BCUT2D eigenvalue weighted by molar-refractivity contribution is -0.302. The number of rotatable bonds is 11. The van der Waals surface area contributed by atoms with Gasteiger partial charge in [0.25, 0.3) is 11.7 Å². The predicted molar refractivity (Wildman–Crippen MR) is 261 cm³/mol. The maximum absolute atomic E-state index is 14.6. The molecule has 3 fully saturated rings. The van der Waals surface area contributed by atoms with Gasteiger partial charge < -0.3 is 43.9 Å². The lowest BCUT2D eigenvalue weighted by atomic mass is 9.74. The van der Waals surface area contributed by atoms with Crippen LogP contribution in [0, 0.1) is 29.6 Å². The number of aliphatic hydroxyl groups is 3. The van der Waals surface area contributed by atoms with Crippen LogP contribution >= 0.6 is 0 Å². The minimum Gasteiger partial charge on any atom is -0.456 e. The lowest BCUT2D eigenvalue weighted by Gasteiger charge is -2.47. The van der Waals surface area contributed by atoms with Crippen molar-refractivity contribution >= 4 is 29.5 Å². The van der Waals surface area contributed by atoms with Crippen molar-refractivity contribution in [3.63, 3.8) is 0 Å². The highest BCUT2D eigenvalue weighted by atomic mass is 16.7. The molecule has 1 aromatic carbocycles. The molecule has 1 amide bonds. The minimum absolute atomic E-state index is 0.00404. The largest absolute Gasteiger partial charge is 0.456 e. The molecule has 14 unspecified atom stereocenters. The van der Waals surface area contributed by atoms with E-state index in [1.165, 1.54) is 19.1 Å². The fourth-order valence-corrected chi connectivity index (χ4v) is 10.9. The summed E-state index contributed by atoms with van der Waals surface area (Å²) in [5, 5.41) is 35.9. The summed E-state index contributed by atoms with van der Waals surface area (Å²) in [5.41, 5.74) is 1.55. The van der Waals surface area contributed by atoms with Crippen molar-refractivity contribution in [2.24, 2.45) is 29.6 Å². The number of fused-ring (bicyclic) bond motifs is 3. The summed E-state index contributed by atoms with van der Waals surface area (Å²) in [6, 6.07) is 8.78. The van der Waals surface area contributed by atoms with Crippen LogP contribution in [0.2, 0.25) is 0 Å². The number of aliphatic hydroxyl groups excluding tert-OH is 1. The number of Topliss-reactive ketones (excluding diaryl/α,β-unsaturated/α-hetero) is 2. The van der Waals surface area contributed by atoms with Crippen molar-refractivity contribution in [2.45, 2.75) is 166 Å². The van der Waals surface area contributed by atoms with Crippen LogP contribution in [-0.2, 0) is 42.9 Å². The molecule has 68 heavy (non-hydrogen) atoms. The number of carbonyl (C=O) groups excluding carboxylic acids is 4. The van der Waals surface area contributed by atoms with E-state index < -0.39 is 89.5 Å². The number of hydrogen-bond donors (Lipinski definition) is 3. The molecule has 3 heterocycles. The van der Waals surface area contributed by atoms with Crippen LogP contribution in [0.3, 0.4) is 0 Å². The van der Waals surface area contributed by atoms with Crippen LogP contribution < -0.4 is 0 Å². The van der Waals surface area contributed by atoms with Crippen molar-refractivity contribution in [3.8, 4) is 0 Å². The number of nitrogens with zero attached hydrogens (tertiary/aromatic N) is 1. The fourth-order valence-electron chi connectivity index (χ4n) is 10.9. The molecule has 3 N–H and O–H groups in total. The standard InChI is InChI=1S/C55H79NO12/c1-10-19-42-29-35(2)28-36(3)30-46(64-7)50-47(65-8)32-38(5)55(63,68-50)51(59)52(60)56-27-18-16-23-43(56)53(61)67-49(39(6)44(57)34-45(42)58)37(4)31-41-24-26-54(62,48(33-41)66-9)25-17-12-15-22-40-20-13-11-14-21-40/h10-15,17,20-22,29,31,36,38-39,41-44,46-50,57,62-63H,1,16,18-19,23-28,30,32-34H2,2-9H3/b17-12?,22-15?,35-29+,37-31?. The lowest BCUT2D eigenvalue weighted by Crippen LogP contribution is -2.64. The highest BCUT2D eigenvalue weighted by Crippen LogP contribution is 2.41. The highest BCUT2D eigenvalue weighted by Gasteiger charge is 2.56. The number of benzene rings is 1. The monoisotopic (exact) mass is 946 g/mol. The van der Waals surface area contributed by atoms with Gasteiger partial charge in [0.05, 0.1) is 30.0 Å². The first kappa shape index (κ1) is 54.9. The second kappa shape index (κ2) is 25.2. The van der Waals surface area contributed by atoms with Crippen LogP contribution in [0.1, 0.15) is 117 Å². The Balaban J connectivity index is 1.47. The van der Waals surface area contributed by atoms with Gasteiger partial charge in [-0.2, -0.15) is 0 Å². The van der Waals surface area contributed by atoms with E-state index in [1.54, 1.807) is 27.0 Å². The third kappa shape index (κ3) is 13.6. The SMILES string of the molecule is C=CCC1/C=C(\C)CC(C)CC(OC)C2OC(O)(C(=O)C(=O)N3CCCCC3C(=O)OC(C(C)=CC3CCC(O)(CC=CC=Cc4ccccc4)C(OC)C3)C(C)C(O)CC1=O)C(C)CC2OC. The van der Waals surface area contributed by atoms with Crippen LogP contribution in [0.15, 0.2) is 84.5 Å². The molecular weight excluding hydrogens is 867 g/mol. The molecule has 0 spiro atoms. The number of methoxy groups -OCH3 is 3. The summed E-state index contributed by atoms with van der Waals surface area (Å²) in [6.45, 7) is 13.2. The summed E-state index contributed by atoms with van der Waals surface area (Å²) in [6.07, 6.45) is 13.2. The van der Waals surface area contributed by atoms with Gasteiger partial charge >= 0.3 is 5.97 Å². The van der Waals surface area contributed by atoms with Gasteiger partial charge in [-0.15, -0.1) is 6.58 Å². The Morgan fingerprint density at radius 1 is 0.926 bits per heavy atom. The number of amides is 1. The molecule has 3 aliphatic heterocycles. The molecule has 13 nitrogen and oxygen atoms in total. The molecule has 13 heteroatoms. The van der Waals surface area contributed by atoms with Gasteiger partial charge in [0, 0.05) is 52.0 Å². The first-order chi connectivity index (χ1) is 32.4. The molecule has 5 rings (SSSR count). The Hall–Kier alpha value is -4.08. The molecule has 1 aliphatic carbocycles. The summed E-state index contributed by atoms with van der Waals surface area (Å²) in [5.74, 6) is -7.98. The fraction of sp³-hybridized carbons (Fsp3) is 0.636. The van der Waals surface area contributed by atoms with Crippen LogP contribution in [0.5, 0.6) is 0 Å². The molecule has 4 aliphatic rings. The molecule has 0 aromatic heterocycles. The summed E-state index contributed by atoms with van der Waals surface area (Å²) >= 11 is 0. The number of hydrogen-bond acceptors (Lipinski definition) is 12. The smallest absolute Gasteiger partial charge is 0.329 e. The Labute approximate surface area is 404 Å². The number of carbonyl (C=O) groups is 4. The van der Waals surface area contributed by atoms with E-state index in [1.807, 2.05) is 87.6 Å². The summed E-state index contributed by atoms with van der Waals surface area (Å²) in [4.78, 5) is 58.6. The normalized spacial score (nSPS) is 37.5. The second-order valence-electron chi connectivity index (χ2n) is 20.1. The summed E-state index contributed by atoms with van der Waals surface area (Å²) in [7, 11) is 4.64. The third-order valence-corrected chi connectivity index (χ3v) is 14.9. The Morgan fingerprint density at radius 2 is 1.63 bits per heavy atom. The number of ketones is 2. The third-order valence-electron chi connectivity index (χ3n) is 14.9. The van der Waals surface area contributed by atoms with Gasteiger partial charge in [0.1, 0.15) is 24.0 Å². The average molecular weight is 946 g/mol. The Kier molecular flexibility index (Phi) is 20.3. The second-order valence-corrected chi connectivity index (χ2v) is 20.1. The predicted octanol–water partition coefficient (Wildman–Crippen LogP) is 7.67. The average Bonchev–Trinajstić information content (AvgIpc) is 3.32. The maximum atomic E-state index is 14.6. The van der Waals surface area contributed by atoms with E-state index in [0.717, 1.165) is 11.1 Å². The van der Waals surface area contributed by atoms with E-state index in [2.05, 4.69) is 6.58 Å². The number of allylic oxidation sites excluding steroid dienone is 6. The number of esters is 1. The van der Waals surface area contributed by atoms with Crippen molar-refractivity contribution < 1.29 is 58.2 Å². The Morgan fingerprint density at radius 3 is 2.31 bits per heavy atom. The van der Waals surface area contributed by atoms with Crippen LogP contribution in [-0.4, -0.2) is 126 Å². The zero-order chi connectivity index (χ0) is 49.8. The van der Waals surface area contributed by atoms with Crippen molar-refractivity contribution in [3.05, 3.63) is 90.1 Å². The van der Waals surface area contributed by atoms with Gasteiger partial charge in [-0.3, -0.25) is 14.4 Å². The maximum Gasteiger partial charge on any atom is 0.329 e. The highest BCUT2D eigenvalue weighted by molar-refractivity contribution is 6.39. The Bertz CT molecular complexity index is 2000. The van der Waals surface area contributed by atoms with Gasteiger partial charge in [-0.1, -0.05) is 99.2 Å². The first-order valence-corrected chi connectivity index (χ1v) is 24.7. The number of cyclic esters (lactones) is 1. The molecule has 2 bridgehead atoms. The van der Waals surface area contributed by atoms with E-state index in [0.29, 0.717) is 63.4 Å².